The van der Waals surface area contributed by atoms with E-state index in [-0.39, 0.29) is 0 Å². The molecule has 0 fully saturated rings. The fourth-order valence-electron chi connectivity index (χ4n) is 4.68. The van der Waals surface area contributed by atoms with Gasteiger partial charge >= 0.3 is 0 Å². The highest BCUT2D eigenvalue weighted by Crippen LogP contribution is 2.35. The number of hydrogen-bond donors (Lipinski definition) is 0. The van der Waals surface area contributed by atoms with Crippen LogP contribution in [0.25, 0.3) is 27.8 Å². The van der Waals surface area contributed by atoms with Gasteiger partial charge in [-0.2, -0.15) is 9.61 Å². The predicted octanol–water partition coefficient (Wildman–Crippen LogP) is 5.45. The van der Waals surface area contributed by atoms with Gasteiger partial charge in [-0.3, -0.25) is 0 Å². The van der Waals surface area contributed by atoms with E-state index < -0.39 is 0 Å². The van der Waals surface area contributed by atoms with Crippen molar-refractivity contribution in [2.75, 3.05) is 7.11 Å². The lowest BCUT2D eigenvalue weighted by molar-refractivity contribution is 0.178. The van der Waals surface area contributed by atoms with Crippen LogP contribution in [0.1, 0.15) is 47.1 Å². The SMILES string of the molecule is CCCn1c(COC)cc2c(C)nc3c(-c4c(C)cc(C)cc4C)c(C)nn3c21. The number of aryl methyl sites for hydroxylation is 6. The minimum Gasteiger partial charge on any atom is -0.378 e. The minimum absolute atomic E-state index is 0.582. The maximum atomic E-state index is 5.47. The quantitative estimate of drug-likeness (QED) is 0.455. The molecule has 0 aliphatic rings. The Morgan fingerprint density at radius 3 is 2.24 bits per heavy atom. The average Bonchev–Trinajstić information content (AvgIpc) is 3.15. The van der Waals surface area contributed by atoms with Crippen LogP contribution >= 0.6 is 0 Å². The second-order valence-electron chi connectivity index (χ2n) is 8.12. The van der Waals surface area contributed by atoms with Crippen molar-refractivity contribution >= 4 is 16.7 Å². The Morgan fingerprint density at radius 2 is 1.62 bits per heavy atom. The molecule has 0 N–H and O–H groups in total. The lowest BCUT2D eigenvalue weighted by Gasteiger charge is -2.12. The summed E-state index contributed by atoms with van der Waals surface area (Å²) >= 11 is 0. The summed E-state index contributed by atoms with van der Waals surface area (Å²) in [5.74, 6) is 0. The minimum atomic E-state index is 0.582. The molecule has 3 aromatic heterocycles. The van der Waals surface area contributed by atoms with Crippen LogP contribution in [-0.4, -0.2) is 26.3 Å². The summed E-state index contributed by atoms with van der Waals surface area (Å²) in [6.45, 7) is 14.4. The predicted molar refractivity (Wildman–Crippen MR) is 119 cm³/mol. The van der Waals surface area contributed by atoms with E-state index in [9.17, 15) is 0 Å². The van der Waals surface area contributed by atoms with E-state index in [1.807, 2.05) is 4.52 Å². The number of hydrogen-bond acceptors (Lipinski definition) is 3. The van der Waals surface area contributed by atoms with Crippen LogP contribution in [0.3, 0.4) is 0 Å². The number of rotatable bonds is 5. The van der Waals surface area contributed by atoms with Gasteiger partial charge in [-0.05, 0) is 63.8 Å². The van der Waals surface area contributed by atoms with Crippen molar-refractivity contribution in [3.8, 4) is 11.1 Å². The Morgan fingerprint density at radius 1 is 0.931 bits per heavy atom. The molecule has 4 aromatic rings. The molecule has 0 spiro atoms. The summed E-state index contributed by atoms with van der Waals surface area (Å²) in [6.07, 6.45) is 1.05. The maximum Gasteiger partial charge on any atom is 0.165 e. The molecule has 152 valence electrons. The standard InChI is InChI=1S/C24H30N4O/c1-8-9-27-19(13-29-7)12-20-17(5)25-23-22(18(6)26-28(23)24(20)27)21-15(3)10-14(2)11-16(21)4/h10-12H,8-9,13H2,1-7H3. The summed E-state index contributed by atoms with van der Waals surface area (Å²) in [7, 11) is 1.74. The fraction of sp³-hybridized carbons (Fsp3) is 0.417. The molecule has 29 heavy (non-hydrogen) atoms. The van der Waals surface area contributed by atoms with Gasteiger partial charge in [0.1, 0.15) is 5.65 Å². The smallest absolute Gasteiger partial charge is 0.165 e. The molecule has 0 saturated carbocycles. The van der Waals surface area contributed by atoms with E-state index in [0.29, 0.717) is 6.61 Å². The average molecular weight is 391 g/mol. The molecule has 4 rings (SSSR count). The molecule has 0 atom stereocenters. The molecule has 1 aromatic carbocycles. The first-order valence-corrected chi connectivity index (χ1v) is 10.3. The van der Waals surface area contributed by atoms with E-state index in [1.165, 1.54) is 27.9 Å². The molecule has 0 aliphatic carbocycles. The zero-order chi connectivity index (χ0) is 20.9. The number of ether oxygens (including phenoxy) is 1. The highest BCUT2D eigenvalue weighted by atomic mass is 16.5. The third-order valence-corrected chi connectivity index (χ3v) is 5.72. The third kappa shape index (κ3) is 3.04. The van der Waals surface area contributed by atoms with Crippen molar-refractivity contribution in [2.45, 2.75) is 61.1 Å². The Kier molecular flexibility index (Phi) is 4.95. The van der Waals surface area contributed by atoms with E-state index in [0.717, 1.165) is 46.6 Å². The van der Waals surface area contributed by atoms with Crippen LogP contribution in [0.2, 0.25) is 0 Å². The summed E-state index contributed by atoms with van der Waals surface area (Å²) in [4.78, 5) is 5.03. The molecular formula is C24H30N4O. The van der Waals surface area contributed by atoms with Crippen LogP contribution in [0.5, 0.6) is 0 Å². The van der Waals surface area contributed by atoms with Crippen LogP contribution in [0, 0.1) is 34.6 Å². The highest BCUT2D eigenvalue weighted by molar-refractivity contribution is 5.90. The Bertz CT molecular complexity index is 1210. The Balaban J connectivity index is 2.12. The molecule has 0 saturated heterocycles. The van der Waals surface area contributed by atoms with Crippen molar-refractivity contribution < 1.29 is 4.74 Å². The fourth-order valence-corrected chi connectivity index (χ4v) is 4.68. The molecule has 0 radical (unpaired) electrons. The number of fused-ring (bicyclic) bond motifs is 3. The third-order valence-electron chi connectivity index (χ3n) is 5.72. The molecule has 5 nitrogen and oxygen atoms in total. The van der Waals surface area contributed by atoms with Gasteiger partial charge in [-0.1, -0.05) is 24.6 Å². The topological polar surface area (TPSA) is 44.3 Å². The first-order valence-electron chi connectivity index (χ1n) is 10.3. The van der Waals surface area contributed by atoms with Gasteiger partial charge in [0.15, 0.2) is 5.65 Å². The van der Waals surface area contributed by atoms with Crippen molar-refractivity contribution in [2.24, 2.45) is 0 Å². The first kappa shape index (κ1) is 19.6. The largest absolute Gasteiger partial charge is 0.378 e. The molecule has 0 aliphatic heterocycles. The Hall–Kier alpha value is -2.66. The van der Waals surface area contributed by atoms with Gasteiger partial charge in [-0.15, -0.1) is 0 Å². The summed E-state index contributed by atoms with van der Waals surface area (Å²) in [6, 6.07) is 6.69. The normalized spacial score (nSPS) is 11.8. The molecule has 3 heterocycles. The van der Waals surface area contributed by atoms with Gasteiger partial charge in [0.05, 0.1) is 23.6 Å². The van der Waals surface area contributed by atoms with Gasteiger partial charge in [-0.25, -0.2) is 4.98 Å². The van der Waals surface area contributed by atoms with Gasteiger partial charge < -0.3 is 9.30 Å². The molecule has 5 heteroatoms. The molecule has 0 bridgehead atoms. The lowest BCUT2D eigenvalue weighted by Crippen LogP contribution is -2.07. The van der Waals surface area contributed by atoms with E-state index in [2.05, 4.69) is 64.3 Å². The van der Waals surface area contributed by atoms with Crippen molar-refractivity contribution in [1.82, 2.24) is 19.2 Å². The molecule has 0 amide bonds. The number of nitrogens with zero attached hydrogens (tertiary/aromatic N) is 4. The number of benzene rings is 1. The van der Waals surface area contributed by atoms with Gasteiger partial charge in [0.2, 0.25) is 0 Å². The highest BCUT2D eigenvalue weighted by Gasteiger charge is 2.22. The van der Waals surface area contributed by atoms with Crippen molar-refractivity contribution in [3.05, 3.63) is 52.0 Å². The number of methoxy groups -OCH3 is 1. The van der Waals surface area contributed by atoms with Gasteiger partial charge in [0, 0.05) is 24.7 Å². The van der Waals surface area contributed by atoms with E-state index >= 15 is 0 Å². The van der Waals surface area contributed by atoms with Crippen LogP contribution in [0.15, 0.2) is 18.2 Å². The monoisotopic (exact) mass is 390 g/mol. The second-order valence-corrected chi connectivity index (χ2v) is 8.12. The van der Waals surface area contributed by atoms with Crippen LogP contribution < -0.4 is 0 Å². The van der Waals surface area contributed by atoms with Crippen molar-refractivity contribution in [3.63, 3.8) is 0 Å². The molecular weight excluding hydrogens is 360 g/mol. The summed E-state index contributed by atoms with van der Waals surface area (Å²) in [5, 5.41) is 6.12. The Labute approximate surface area is 172 Å². The van der Waals surface area contributed by atoms with E-state index in [4.69, 9.17) is 14.8 Å². The van der Waals surface area contributed by atoms with Crippen LogP contribution in [0.4, 0.5) is 0 Å². The number of aromatic nitrogens is 4. The maximum absolute atomic E-state index is 5.47. The second kappa shape index (κ2) is 7.30. The molecule has 0 unspecified atom stereocenters. The van der Waals surface area contributed by atoms with Crippen molar-refractivity contribution in [1.29, 1.82) is 0 Å². The van der Waals surface area contributed by atoms with E-state index in [1.54, 1.807) is 7.11 Å². The van der Waals surface area contributed by atoms with Gasteiger partial charge in [0.25, 0.3) is 0 Å². The lowest BCUT2D eigenvalue weighted by atomic mass is 9.94. The van der Waals surface area contributed by atoms with Crippen LogP contribution in [-0.2, 0) is 17.9 Å². The summed E-state index contributed by atoms with van der Waals surface area (Å²) in [5.41, 5.74) is 11.5. The summed E-state index contributed by atoms with van der Waals surface area (Å²) < 4.78 is 9.85. The zero-order valence-electron chi connectivity index (χ0n) is 18.6. The first-order chi connectivity index (χ1) is 13.9. The zero-order valence-corrected chi connectivity index (χ0v) is 18.6.